The van der Waals surface area contributed by atoms with E-state index in [9.17, 15) is 14.6 Å². The minimum Gasteiger partial charge on any atom is -0.493 e. The maximum absolute atomic E-state index is 13.4. The van der Waals surface area contributed by atoms with Crippen molar-refractivity contribution in [3.05, 3.63) is 66.5 Å². The molecule has 2 heterocycles. The van der Waals surface area contributed by atoms with Gasteiger partial charge >= 0.3 is 0 Å². The first kappa shape index (κ1) is 29.3. The molecule has 1 aromatic heterocycles. The Balaban J connectivity index is 1.69. The molecule has 0 aliphatic carbocycles. The molecule has 0 saturated carbocycles. The van der Waals surface area contributed by atoms with Crippen molar-refractivity contribution in [2.75, 3.05) is 45.3 Å². The van der Waals surface area contributed by atoms with E-state index < -0.39 is 12.3 Å². The first-order chi connectivity index (χ1) is 18.0. The molecule has 0 bridgehead atoms. The highest BCUT2D eigenvalue weighted by molar-refractivity contribution is 5.76. The lowest BCUT2D eigenvalue weighted by Crippen LogP contribution is -2.37. The minimum absolute atomic E-state index is 0.310. The van der Waals surface area contributed by atoms with Gasteiger partial charge in [0.25, 0.3) is 0 Å². The summed E-state index contributed by atoms with van der Waals surface area (Å²) in [5.74, 6) is 0.460. The maximum atomic E-state index is 13.4. The van der Waals surface area contributed by atoms with Gasteiger partial charge in [-0.15, -0.1) is 0 Å². The molecule has 0 unspecified atom stereocenters. The fraction of sp³-hybridized carbons (Fsp3) is 0.483. The van der Waals surface area contributed by atoms with Gasteiger partial charge in [0.05, 0.1) is 37.3 Å². The van der Waals surface area contributed by atoms with Gasteiger partial charge in [-0.1, -0.05) is 20.4 Å². The smallest absolute Gasteiger partial charge is 0.171 e. The number of aliphatic hydroxyl groups excluding tert-OH is 1. The minimum atomic E-state index is -1.49. The number of nitrogens with one attached hydrogen (secondary N) is 1. The summed E-state index contributed by atoms with van der Waals surface area (Å²) < 4.78 is 24.4. The van der Waals surface area contributed by atoms with Crippen LogP contribution in [0.5, 0.6) is 11.5 Å². The van der Waals surface area contributed by atoms with Crippen LogP contribution in [0.1, 0.15) is 39.3 Å². The van der Waals surface area contributed by atoms with Crippen LogP contribution in [-0.4, -0.2) is 72.8 Å². The van der Waals surface area contributed by atoms with E-state index in [1.807, 2.05) is 24.1 Å². The van der Waals surface area contributed by atoms with E-state index in [1.165, 1.54) is 19.2 Å². The van der Waals surface area contributed by atoms with Gasteiger partial charge in [-0.3, -0.25) is 4.98 Å². The molecule has 0 spiro atoms. The molecule has 0 radical (unpaired) electrons. The second-order valence-corrected chi connectivity index (χ2v) is 10.5. The van der Waals surface area contributed by atoms with Crippen molar-refractivity contribution < 1.29 is 24.1 Å². The summed E-state index contributed by atoms with van der Waals surface area (Å²) in [5, 5.41) is 22.1. The number of likely N-dealkylation sites (N-methyl/N-ethyl adjacent to an activating group) is 1. The number of rotatable bonds is 12. The topological polar surface area (TPSA) is 90.3 Å². The molecule has 38 heavy (non-hydrogen) atoms. The van der Waals surface area contributed by atoms with Crippen LogP contribution in [0.2, 0.25) is 0 Å². The number of hydrogen-bond donors (Lipinski definition) is 3. The Labute approximate surface area is 225 Å². The van der Waals surface area contributed by atoms with E-state index in [0.29, 0.717) is 30.1 Å². The van der Waals surface area contributed by atoms with Crippen LogP contribution < -0.4 is 19.7 Å². The van der Waals surface area contributed by atoms with Crippen molar-refractivity contribution in [1.82, 2.24) is 15.2 Å². The predicted octanol–water partition coefficient (Wildman–Crippen LogP) is 4.01. The molecule has 9 heteroatoms. The van der Waals surface area contributed by atoms with Crippen molar-refractivity contribution >= 4 is 11.3 Å². The van der Waals surface area contributed by atoms with Crippen LogP contribution in [0.3, 0.4) is 0 Å². The number of anilines is 1. The van der Waals surface area contributed by atoms with E-state index in [0.717, 1.165) is 48.6 Å². The molecule has 1 saturated heterocycles. The third kappa shape index (κ3) is 7.85. The number of hydrogen-bond acceptors (Lipinski definition) is 8. The van der Waals surface area contributed by atoms with Crippen LogP contribution >= 0.6 is 0 Å². The van der Waals surface area contributed by atoms with Gasteiger partial charge in [0.2, 0.25) is 0 Å². The lowest BCUT2D eigenvalue weighted by atomic mass is 9.82. The average Bonchev–Trinajstić information content (AvgIpc) is 2.89. The molecule has 1 fully saturated rings. The van der Waals surface area contributed by atoms with Gasteiger partial charge in [0.15, 0.2) is 17.8 Å². The van der Waals surface area contributed by atoms with Gasteiger partial charge in [-0.05, 0) is 49.4 Å². The lowest BCUT2D eigenvalue weighted by molar-refractivity contribution is -0.0595. The Morgan fingerprint density at radius 1 is 1.24 bits per heavy atom. The van der Waals surface area contributed by atoms with Gasteiger partial charge in [-0.25, -0.2) is 4.39 Å². The number of benzene rings is 1. The second kappa shape index (κ2) is 13.0. The van der Waals surface area contributed by atoms with Crippen LogP contribution in [-0.2, 0) is 0 Å². The third-order valence-corrected chi connectivity index (χ3v) is 7.02. The fourth-order valence-corrected chi connectivity index (χ4v) is 4.11. The highest BCUT2D eigenvalue weighted by atomic mass is 19.1. The molecule has 2 aromatic rings. The van der Waals surface area contributed by atoms with E-state index in [1.54, 1.807) is 25.4 Å². The summed E-state index contributed by atoms with van der Waals surface area (Å²) in [6.07, 6.45) is 4.21. The van der Waals surface area contributed by atoms with Crippen LogP contribution in [0.4, 0.5) is 10.1 Å². The van der Waals surface area contributed by atoms with E-state index in [-0.39, 0.29) is 5.82 Å². The molecule has 3 N–H and O–H groups in total. The zero-order chi connectivity index (χ0) is 27.9. The van der Waals surface area contributed by atoms with E-state index in [2.05, 4.69) is 30.6 Å². The van der Waals surface area contributed by atoms with Gasteiger partial charge in [-0.2, -0.15) is 0 Å². The molecular weight excluding hydrogens is 487 g/mol. The van der Waals surface area contributed by atoms with Crippen molar-refractivity contribution in [3.63, 3.8) is 0 Å². The van der Waals surface area contributed by atoms with Crippen molar-refractivity contribution in [2.45, 2.75) is 45.9 Å². The molecular formula is C29H41FN4O4. The molecule has 0 amide bonds. The quantitative estimate of drug-likeness (QED) is 0.281. The highest BCUT2D eigenvalue weighted by Crippen LogP contribution is 2.34. The zero-order valence-electron chi connectivity index (χ0n) is 23.1. The summed E-state index contributed by atoms with van der Waals surface area (Å²) in [5.41, 5.74) is 3.60. The monoisotopic (exact) mass is 528 g/mol. The Bertz CT molecular complexity index is 1090. The molecule has 208 valence electrons. The zero-order valence-corrected chi connectivity index (χ0v) is 23.1. The molecule has 1 aromatic carbocycles. The molecule has 3 rings (SSSR count). The van der Waals surface area contributed by atoms with Crippen molar-refractivity contribution in [1.29, 1.82) is 0 Å². The Kier molecular flexibility index (Phi) is 9.99. The third-order valence-electron chi connectivity index (χ3n) is 7.02. The van der Waals surface area contributed by atoms with Gasteiger partial charge in [0, 0.05) is 43.7 Å². The van der Waals surface area contributed by atoms with Gasteiger partial charge in [0.1, 0.15) is 12.4 Å². The first-order valence-corrected chi connectivity index (χ1v) is 12.9. The normalized spacial score (nSPS) is 16.2. The summed E-state index contributed by atoms with van der Waals surface area (Å²) in [6.45, 7) is 13.4. The molecule has 1 aliphatic rings. The number of pyridine rings is 1. The number of aromatic nitrogens is 1. The number of methoxy groups -OCH3 is 1. The number of likely N-dealkylation sites (tertiary alicyclic amines) is 1. The number of nitrogens with zero attached hydrogens (tertiary/aromatic N) is 3. The van der Waals surface area contributed by atoms with Crippen LogP contribution in [0.15, 0.2) is 55.0 Å². The first-order valence-electron chi connectivity index (χ1n) is 12.9. The SMILES string of the molecule is C=C(/C(=C\N[C@@H](C)C(O)O)c1ccc(N(C)CCOc2ccc(F)cc2OC)cn1)N1CCC(C)(C)CC1. The van der Waals surface area contributed by atoms with Crippen LogP contribution in [0, 0.1) is 11.2 Å². The molecule has 1 aliphatic heterocycles. The number of ether oxygens (including phenoxy) is 2. The molecule has 8 nitrogen and oxygen atoms in total. The summed E-state index contributed by atoms with van der Waals surface area (Å²) in [6, 6.07) is 7.54. The predicted molar refractivity (Wildman–Crippen MR) is 148 cm³/mol. The van der Waals surface area contributed by atoms with Gasteiger partial charge < -0.3 is 34.8 Å². The van der Waals surface area contributed by atoms with Crippen molar-refractivity contribution in [2.24, 2.45) is 5.41 Å². The highest BCUT2D eigenvalue weighted by Gasteiger charge is 2.27. The largest absolute Gasteiger partial charge is 0.493 e. The number of allylic oxidation sites excluding steroid dienone is 1. The fourth-order valence-electron chi connectivity index (χ4n) is 4.11. The Morgan fingerprint density at radius 2 is 1.95 bits per heavy atom. The summed E-state index contributed by atoms with van der Waals surface area (Å²) in [4.78, 5) is 8.99. The summed E-state index contributed by atoms with van der Waals surface area (Å²) >= 11 is 0. The number of aliphatic hydroxyl groups is 2. The van der Waals surface area contributed by atoms with E-state index >= 15 is 0 Å². The Morgan fingerprint density at radius 3 is 2.55 bits per heavy atom. The van der Waals surface area contributed by atoms with E-state index in [4.69, 9.17) is 14.5 Å². The maximum Gasteiger partial charge on any atom is 0.171 e. The number of halogens is 1. The second-order valence-electron chi connectivity index (χ2n) is 10.5. The lowest BCUT2D eigenvalue weighted by Gasteiger charge is -2.39. The van der Waals surface area contributed by atoms with Crippen molar-refractivity contribution in [3.8, 4) is 11.5 Å². The number of piperidine rings is 1. The standard InChI is InChI=1S/C29H41FN4O4/c1-20(28(35)36)31-19-24(21(2)34-13-11-29(3,4)12-14-34)25-9-8-23(18-32-25)33(5)15-16-38-26-10-7-22(30)17-27(26)37-6/h7-10,17-20,28,31,35-36H,2,11-16H2,1,3-6H3/b24-19+/t20-/m0/s1. The Hall–Kier alpha value is -3.30. The molecule has 1 atom stereocenters. The average molecular weight is 529 g/mol. The van der Waals surface area contributed by atoms with Crippen LogP contribution in [0.25, 0.3) is 5.57 Å². The summed E-state index contributed by atoms with van der Waals surface area (Å²) in [7, 11) is 3.42.